The Balaban J connectivity index is 3.11. The van der Waals surface area contributed by atoms with Gasteiger partial charge in [0, 0.05) is 18.7 Å². The molecule has 0 aromatic rings. The summed E-state index contributed by atoms with van der Waals surface area (Å²) in [6.07, 6.45) is 3.62. The molecule has 0 saturated carbocycles. The molecule has 238 valence electrons. The number of hydrogen-bond donors (Lipinski definition) is 2. The van der Waals surface area contributed by atoms with Gasteiger partial charge < -0.3 is 24.8 Å². The van der Waals surface area contributed by atoms with Crippen LogP contribution in [0.5, 0.6) is 0 Å². The summed E-state index contributed by atoms with van der Waals surface area (Å²) in [7, 11) is 0. The van der Waals surface area contributed by atoms with Gasteiger partial charge in [0.15, 0.2) is 0 Å². The zero-order valence-electron chi connectivity index (χ0n) is 27.4. The molecule has 5 atom stereocenters. The van der Waals surface area contributed by atoms with E-state index in [0.29, 0.717) is 32.0 Å². The van der Waals surface area contributed by atoms with Gasteiger partial charge in [-0.2, -0.15) is 0 Å². The molecule has 1 aliphatic heterocycles. The maximum Gasteiger partial charge on any atom is 0.320 e. The second-order valence-electron chi connectivity index (χ2n) is 14.2. The first kappa shape index (κ1) is 37.0. The Morgan fingerprint density at radius 2 is 1.68 bits per heavy atom. The van der Waals surface area contributed by atoms with Crippen molar-refractivity contribution in [2.75, 3.05) is 19.7 Å². The van der Waals surface area contributed by atoms with Crippen LogP contribution in [0.15, 0.2) is 0 Å². The first-order chi connectivity index (χ1) is 18.9. The molecule has 1 heterocycles. The summed E-state index contributed by atoms with van der Waals surface area (Å²) in [5.74, 6) is -1.18. The lowest BCUT2D eigenvalue weighted by molar-refractivity contribution is -0.163. The highest BCUT2D eigenvalue weighted by molar-refractivity contribution is 5.89. The third-order valence-corrected chi connectivity index (χ3v) is 8.29. The zero-order chi connectivity index (χ0) is 31.4. The number of carbonyl (C=O) groups excluding carboxylic acids is 4. The molecule has 1 aliphatic rings. The Morgan fingerprint density at radius 1 is 1.05 bits per heavy atom. The fraction of sp³-hybridized carbons (Fsp3) is 0.875. The second kappa shape index (κ2) is 16.6. The number of carbonyl (C=O) groups is 4. The topological polar surface area (TPSA) is 120 Å². The predicted molar refractivity (Wildman–Crippen MR) is 160 cm³/mol. The predicted octanol–water partition coefficient (Wildman–Crippen LogP) is 4.99. The van der Waals surface area contributed by atoms with E-state index in [1.54, 1.807) is 20.8 Å². The number of Topliss-reactive ketones (excluding diaryl/α,β-unsaturated/α-hetero) is 1. The first-order valence-electron chi connectivity index (χ1n) is 15.4. The van der Waals surface area contributed by atoms with Gasteiger partial charge in [-0.15, -0.1) is 0 Å². The molecule has 1 amide bonds. The van der Waals surface area contributed by atoms with E-state index in [9.17, 15) is 19.2 Å². The van der Waals surface area contributed by atoms with Crippen LogP contribution in [-0.2, 0) is 33.4 Å². The van der Waals surface area contributed by atoms with Crippen molar-refractivity contribution in [3.63, 3.8) is 0 Å². The number of nitrogens with one attached hydrogen (secondary N) is 2. The molecular weight excluding hydrogens is 524 g/mol. The van der Waals surface area contributed by atoms with Gasteiger partial charge in [-0.3, -0.25) is 19.2 Å². The van der Waals surface area contributed by atoms with Crippen LogP contribution in [0.3, 0.4) is 0 Å². The van der Waals surface area contributed by atoms with E-state index in [1.807, 2.05) is 41.5 Å². The van der Waals surface area contributed by atoms with E-state index in [1.165, 1.54) is 0 Å². The smallest absolute Gasteiger partial charge is 0.320 e. The maximum absolute atomic E-state index is 13.9. The van der Waals surface area contributed by atoms with Crippen molar-refractivity contribution in [1.29, 1.82) is 0 Å². The molecule has 9 nitrogen and oxygen atoms in total. The Morgan fingerprint density at radius 3 is 2.29 bits per heavy atom. The second-order valence-corrected chi connectivity index (χ2v) is 14.2. The van der Waals surface area contributed by atoms with Crippen molar-refractivity contribution >= 4 is 24.1 Å². The highest BCUT2D eigenvalue weighted by atomic mass is 16.5. The summed E-state index contributed by atoms with van der Waals surface area (Å²) in [6, 6.07) is 0. The van der Waals surface area contributed by atoms with Crippen LogP contribution in [-0.4, -0.2) is 67.2 Å². The molecule has 0 spiro atoms. The molecule has 9 heteroatoms. The fourth-order valence-corrected chi connectivity index (χ4v) is 5.38. The third-order valence-electron chi connectivity index (χ3n) is 8.29. The first-order valence-corrected chi connectivity index (χ1v) is 15.4. The Labute approximate surface area is 248 Å². The number of esters is 1. The molecule has 1 fully saturated rings. The van der Waals surface area contributed by atoms with E-state index < -0.39 is 35.0 Å². The van der Waals surface area contributed by atoms with Crippen molar-refractivity contribution in [2.45, 2.75) is 138 Å². The van der Waals surface area contributed by atoms with Gasteiger partial charge in [-0.1, -0.05) is 33.6 Å². The van der Waals surface area contributed by atoms with E-state index in [0.717, 1.165) is 32.1 Å². The normalized spacial score (nSPS) is 27.5. The highest BCUT2D eigenvalue weighted by Crippen LogP contribution is 2.34. The van der Waals surface area contributed by atoms with E-state index in [2.05, 4.69) is 17.6 Å². The van der Waals surface area contributed by atoms with Crippen LogP contribution in [0, 0.1) is 23.2 Å². The van der Waals surface area contributed by atoms with Crippen LogP contribution < -0.4 is 10.6 Å². The zero-order valence-corrected chi connectivity index (χ0v) is 27.4. The molecule has 1 saturated heterocycles. The van der Waals surface area contributed by atoms with Crippen LogP contribution in [0.2, 0.25) is 0 Å². The Kier molecular flexibility index (Phi) is 15.0. The standard InChI is InChI=1S/C32H58N2O7/c1-22-13-11-15-23(2)28(39-21-35)24(3)29(38)32(9,10)25(19-26(36)33-17-12-14-22)41-27(37)20-34-31(7,8)16-18-40-30(4,5)6/h21-25,28,34H,11-20H2,1-10H3,(H,33,36)/t22?,23?,24?,25?,28-/m0/s1. The average molecular weight is 583 g/mol. The lowest BCUT2D eigenvalue weighted by Crippen LogP contribution is -2.50. The van der Waals surface area contributed by atoms with Crippen molar-refractivity contribution in [3.8, 4) is 0 Å². The van der Waals surface area contributed by atoms with Crippen LogP contribution in [0.1, 0.15) is 114 Å². The van der Waals surface area contributed by atoms with Crippen molar-refractivity contribution in [2.24, 2.45) is 23.2 Å². The Hall–Kier alpha value is -2.00. The summed E-state index contributed by atoms with van der Waals surface area (Å²) >= 11 is 0. The molecular formula is C32H58N2O7. The molecule has 0 aliphatic carbocycles. The largest absolute Gasteiger partial charge is 0.464 e. The molecule has 4 unspecified atom stereocenters. The average Bonchev–Trinajstić information content (AvgIpc) is 2.85. The monoisotopic (exact) mass is 582 g/mol. The minimum atomic E-state index is -1.20. The van der Waals surface area contributed by atoms with Gasteiger partial charge in [-0.05, 0) is 86.0 Å². The summed E-state index contributed by atoms with van der Waals surface area (Å²) < 4.78 is 17.2. The summed E-state index contributed by atoms with van der Waals surface area (Å²) in [5.41, 5.74) is -1.84. The van der Waals surface area contributed by atoms with E-state index in [-0.39, 0.29) is 36.2 Å². The van der Waals surface area contributed by atoms with Crippen molar-refractivity contribution in [3.05, 3.63) is 0 Å². The highest BCUT2D eigenvalue weighted by Gasteiger charge is 2.45. The SMILES string of the molecule is CC1CCCNC(=O)CC(OC(=O)CNC(C)(C)CCOC(C)(C)C)C(C)(C)C(=O)C(C)[C@@H](OC=O)C(C)CCC1. The quantitative estimate of drug-likeness (QED) is 0.288. The van der Waals surface area contributed by atoms with Gasteiger partial charge in [0.05, 0.1) is 29.9 Å². The fourth-order valence-electron chi connectivity index (χ4n) is 5.38. The molecule has 2 N–H and O–H groups in total. The maximum atomic E-state index is 13.9. The van der Waals surface area contributed by atoms with Gasteiger partial charge in [0.25, 0.3) is 6.47 Å². The lowest BCUT2D eigenvalue weighted by atomic mass is 9.72. The number of rotatable bonds is 9. The van der Waals surface area contributed by atoms with E-state index >= 15 is 0 Å². The van der Waals surface area contributed by atoms with Gasteiger partial charge in [-0.25, -0.2) is 0 Å². The van der Waals surface area contributed by atoms with Crippen LogP contribution >= 0.6 is 0 Å². The Bertz CT molecular complexity index is 849. The van der Waals surface area contributed by atoms with Crippen LogP contribution in [0.4, 0.5) is 0 Å². The third kappa shape index (κ3) is 13.7. The number of ketones is 1. The van der Waals surface area contributed by atoms with Crippen molar-refractivity contribution in [1.82, 2.24) is 10.6 Å². The molecule has 0 radical (unpaired) electrons. The van der Waals surface area contributed by atoms with Gasteiger partial charge >= 0.3 is 5.97 Å². The summed E-state index contributed by atoms with van der Waals surface area (Å²) in [4.78, 5) is 51.3. The molecule has 0 aromatic heterocycles. The number of hydrogen-bond acceptors (Lipinski definition) is 8. The molecule has 1 rings (SSSR count). The van der Waals surface area contributed by atoms with Crippen LogP contribution in [0.25, 0.3) is 0 Å². The minimum Gasteiger partial charge on any atom is -0.464 e. The summed E-state index contributed by atoms with van der Waals surface area (Å²) in [6.45, 7) is 20.7. The minimum absolute atomic E-state index is 0.0203. The number of amides is 1. The van der Waals surface area contributed by atoms with E-state index in [4.69, 9.17) is 14.2 Å². The summed E-state index contributed by atoms with van der Waals surface area (Å²) in [5, 5.41) is 6.16. The molecule has 0 bridgehead atoms. The molecule has 41 heavy (non-hydrogen) atoms. The van der Waals surface area contributed by atoms with Gasteiger partial charge in [0.2, 0.25) is 5.91 Å². The molecule has 0 aromatic carbocycles. The van der Waals surface area contributed by atoms with Gasteiger partial charge in [0.1, 0.15) is 18.0 Å². The van der Waals surface area contributed by atoms with Crippen molar-refractivity contribution < 1.29 is 33.4 Å². The number of ether oxygens (including phenoxy) is 3. The lowest BCUT2D eigenvalue weighted by Gasteiger charge is -2.37.